The molecule has 0 heterocycles. The standard InChI is InChI=1S/C16H17BrN2O2/c1-3-14(12-7-9-13(17)10-8-12)18-15-5-4-6-16(11(15)2)19(20)21/h4-10,14,18H,3H2,1-2H3. The van der Waals surface area contributed by atoms with Gasteiger partial charge in [0.15, 0.2) is 0 Å². The first kappa shape index (κ1) is 15.5. The lowest BCUT2D eigenvalue weighted by Gasteiger charge is -2.20. The van der Waals surface area contributed by atoms with Crippen LogP contribution in [0.25, 0.3) is 0 Å². The summed E-state index contributed by atoms with van der Waals surface area (Å²) < 4.78 is 1.03. The van der Waals surface area contributed by atoms with Crippen molar-refractivity contribution in [3.8, 4) is 0 Å². The van der Waals surface area contributed by atoms with Gasteiger partial charge in [0, 0.05) is 21.8 Å². The van der Waals surface area contributed by atoms with E-state index in [1.807, 2.05) is 18.2 Å². The summed E-state index contributed by atoms with van der Waals surface area (Å²) in [4.78, 5) is 10.7. The second-order valence-corrected chi connectivity index (χ2v) is 5.78. The van der Waals surface area contributed by atoms with Crippen LogP contribution in [0.5, 0.6) is 0 Å². The van der Waals surface area contributed by atoms with Gasteiger partial charge in [0.05, 0.1) is 11.0 Å². The van der Waals surface area contributed by atoms with Gasteiger partial charge in [0.1, 0.15) is 0 Å². The Morgan fingerprint density at radius 2 is 1.90 bits per heavy atom. The van der Waals surface area contributed by atoms with Crippen molar-refractivity contribution >= 4 is 27.3 Å². The number of halogens is 1. The molecule has 0 radical (unpaired) electrons. The SMILES string of the molecule is CCC(Nc1cccc([N+](=O)[O-])c1C)c1ccc(Br)cc1. The van der Waals surface area contributed by atoms with Crippen LogP contribution in [0.1, 0.15) is 30.5 Å². The van der Waals surface area contributed by atoms with Gasteiger partial charge in [-0.3, -0.25) is 10.1 Å². The Bertz CT molecular complexity index is 641. The van der Waals surface area contributed by atoms with E-state index in [1.54, 1.807) is 13.0 Å². The van der Waals surface area contributed by atoms with Gasteiger partial charge in [-0.15, -0.1) is 0 Å². The highest BCUT2D eigenvalue weighted by molar-refractivity contribution is 9.10. The highest BCUT2D eigenvalue weighted by Gasteiger charge is 2.16. The number of rotatable bonds is 5. The normalized spacial score (nSPS) is 12.0. The maximum absolute atomic E-state index is 11.0. The molecule has 2 rings (SSSR count). The lowest BCUT2D eigenvalue weighted by molar-refractivity contribution is -0.385. The van der Waals surface area contributed by atoms with Crippen LogP contribution in [-0.2, 0) is 0 Å². The molecule has 110 valence electrons. The van der Waals surface area contributed by atoms with Crippen LogP contribution in [0, 0.1) is 17.0 Å². The Hall–Kier alpha value is -1.88. The van der Waals surface area contributed by atoms with E-state index in [2.05, 4.69) is 40.3 Å². The zero-order chi connectivity index (χ0) is 15.4. The first-order valence-corrected chi connectivity index (χ1v) is 7.58. The van der Waals surface area contributed by atoms with Gasteiger partial charge in [0.2, 0.25) is 0 Å². The van der Waals surface area contributed by atoms with E-state index in [4.69, 9.17) is 0 Å². The summed E-state index contributed by atoms with van der Waals surface area (Å²) in [5.74, 6) is 0. The van der Waals surface area contributed by atoms with Crippen molar-refractivity contribution in [1.29, 1.82) is 0 Å². The molecule has 1 N–H and O–H groups in total. The third kappa shape index (κ3) is 3.61. The van der Waals surface area contributed by atoms with Gasteiger partial charge >= 0.3 is 0 Å². The molecule has 0 saturated carbocycles. The molecule has 0 bridgehead atoms. The number of nitro benzene ring substituents is 1. The summed E-state index contributed by atoms with van der Waals surface area (Å²) in [5, 5.41) is 14.4. The van der Waals surface area contributed by atoms with E-state index < -0.39 is 0 Å². The van der Waals surface area contributed by atoms with Gasteiger partial charge in [-0.1, -0.05) is 41.1 Å². The Labute approximate surface area is 132 Å². The van der Waals surface area contributed by atoms with Crippen LogP contribution >= 0.6 is 15.9 Å². The molecule has 0 saturated heterocycles. The topological polar surface area (TPSA) is 55.2 Å². The fourth-order valence-electron chi connectivity index (χ4n) is 2.28. The number of anilines is 1. The van der Waals surface area contributed by atoms with E-state index in [1.165, 1.54) is 6.07 Å². The van der Waals surface area contributed by atoms with Gasteiger partial charge in [-0.2, -0.15) is 0 Å². The molecule has 0 spiro atoms. The molecule has 0 aliphatic rings. The molecule has 0 amide bonds. The van der Waals surface area contributed by atoms with E-state index in [9.17, 15) is 10.1 Å². The lowest BCUT2D eigenvalue weighted by atomic mass is 10.0. The summed E-state index contributed by atoms with van der Waals surface area (Å²) in [6.45, 7) is 3.86. The zero-order valence-corrected chi connectivity index (χ0v) is 13.6. The number of hydrogen-bond donors (Lipinski definition) is 1. The van der Waals surface area contributed by atoms with Crippen LogP contribution in [0.4, 0.5) is 11.4 Å². The van der Waals surface area contributed by atoms with Crippen molar-refractivity contribution < 1.29 is 4.92 Å². The van der Waals surface area contributed by atoms with Gasteiger partial charge in [0.25, 0.3) is 5.69 Å². The molecular weight excluding hydrogens is 332 g/mol. The van der Waals surface area contributed by atoms with Crippen LogP contribution in [0.15, 0.2) is 46.9 Å². The quantitative estimate of drug-likeness (QED) is 0.594. The maximum Gasteiger partial charge on any atom is 0.274 e. The van der Waals surface area contributed by atoms with Crippen molar-refractivity contribution in [2.45, 2.75) is 26.3 Å². The second kappa shape index (κ2) is 6.72. The average Bonchev–Trinajstić information content (AvgIpc) is 2.47. The first-order valence-electron chi connectivity index (χ1n) is 6.79. The van der Waals surface area contributed by atoms with Crippen molar-refractivity contribution in [3.05, 3.63) is 68.2 Å². The molecule has 0 fully saturated rings. The molecule has 0 aromatic heterocycles. The molecule has 4 nitrogen and oxygen atoms in total. The summed E-state index contributed by atoms with van der Waals surface area (Å²) in [7, 11) is 0. The highest BCUT2D eigenvalue weighted by atomic mass is 79.9. The predicted molar refractivity (Wildman–Crippen MR) is 88.6 cm³/mol. The van der Waals surface area contributed by atoms with Gasteiger partial charge in [-0.05, 0) is 37.1 Å². The minimum absolute atomic E-state index is 0.124. The average molecular weight is 349 g/mol. The fraction of sp³-hybridized carbons (Fsp3) is 0.250. The summed E-state index contributed by atoms with van der Waals surface area (Å²) >= 11 is 3.43. The third-order valence-electron chi connectivity index (χ3n) is 3.51. The van der Waals surface area contributed by atoms with Crippen LogP contribution < -0.4 is 5.32 Å². The Balaban J connectivity index is 2.29. The molecule has 0 aliphatic heterocycles. The Morgan fingerprint density at radius 3 is 2.48 bits per heavy atom. The van der Waals surface area contributed by atoms with Crippen molar-refractivity contribution in [2.75, 3.05) is 5.32 Å². The van der Waals surface area contributed by atoms with Crippen LogP contribution in [-0.4, -0.2) is 4.92 Å². The number of benzene rings is 2. The molecule has 2 aromatic rings. The van der Waals surface area contributed by atoms with Crippen LogP contribution in [0.3, 0.4) is 0 Å². The molecule has 1 atom stereocenters. The van der Waals surface area contributed by atoms with Crippen molar-refractivity contribution in [3.63, 3.8) is 0 Å². The van der Waals surface area contributed by atoms with Crippen LogP contribution in [0.2, 0.25) is 0 Å². The van der Waals surface area contributed by atoms with Gasteiger partial charge in [-0.25, -0.2) is 0 Å². The number of nitrogens with zero attached hydrogens (tertiary/aromatic N) is 1. The van der Waals surface area contributed by atoms with Gasteiger partial charge < -0.3 is 5.32 Å². The minimum Gasteiger partial charge on any atom is -0.378 e. The maximum atomic E-state index is 11.0. The Morgan fingerprint density at radius 1 is 1.24 bits per heavy atom. The number of nitro groups is 1. The first-order chi connectivity index (χ1) is 10.0. The van der Waals surface area contributed by atoms with E-state index in [0.717, 1.165) is 22.1 Å². The largest absolute Gasteiger partial charge is 0.378 e. The molecule has 21 heavy (non-hydrogen) atoms. The van der Waals surface area contributed by atoms with Crippen molar-refractivity contribution in [1.82, 2.24) is 0 Å². The highest BCUT2D eigenvalue weighted by Crippen LogP contribution is 2.30. The lowest BCUT2D eigenvalue weighted by Crippen LogP contribution is -2.11. The summed E-state index contributed by atoms with van der Waals surface area (Å²) in [5.41, 5.74) is 2.77. The smallest absolute Gasteiger partial charge is 0.274 e. The molecule has 1 unspecified atom stereocenters. The zero-order valence-electron chi connectivity index (χ0n) is 12.0. The van der Waals surface area contributed by atoms with Crippen molar-refractivity contribution in [2.24, 2.45) is 0 Å². The van der Waals surface area contributed by atoms with E-state index >= 15 is 0 Å². The third-order valence-corrected chi connectivity index (χ3v) is 4.04. The number of hydrogen-bond acceptors (Lipinski definition) is 3. The van der Waals surface area contributed by atoms with E-state index in [0.29, 0.717) is 5.56 Å². The monoisotopic (exact) mass is 348 g/mol. The second-order valence-electron chi connectivity index (χ2n) is 4.86. The molecule has 2 aromatic carbocycles. The molecular formula is C16H17BrN2O2. The molecule has 5 heteroatoms. The van der Waals surface area contributed by atoms with E-state index in [-0.39, 0.29) is 16.7 Å². The predicted octanol–water partition coefficient (Wildman–Crippen LogP) is 5.23. The summed E-state index contributed by atoms with van der Waals surface area (Å²) in [6, 6.07) is 13.3. The summed E-state index contributed by atoms with van der Waals surface area (Å²) in [6.07, 6.45) is 0.893. The molecule has 0 aliphatic carbocycles. The Kier molecular flexibility index (Phi) is 4.96. The minimum atomic E-state index is -0.346. The number of nitrogens with one attached hydrogen (secondary N) is 1. The fourth-order valence-corrected chi connectivity index (χ4v) is 2.55.